The van der Waals surface area contributed by atoms with E-state index >= 15 is 0 Å². The third-order valence-corrected chi connectivity index (χ3v) is 5.71. The molecule has 3 aromatic rings. The second-order valence-electron chi connectivity index (χ2n) is 4.49. The zero-order chi connectivity index (χ0) is 15.3. The molecule has 0 bridgehead atoms. The lowest BCUT2D eigenvalue weighted by molar-refractivity contribution is 0.617. The van der Waals surface area contributed by atoms with Crippen LogP contribution in [0.1, 0.15) is 5.56 Å². The van der Waals surface area contributed by atoms with Crippen molar-refractivity contribution in [3.63, 3.8) is 0 Å². The summed E-state index contributed by atoms with van der Waals surface area (Å²) in [5, 5.41) is 0.939. The maximum Gasteiger partial charge on any atom is 0.227 e. The summed E-state index contributed by atoms with van der Waals surface area (Å²) in [7, 11) is 0. The first-order valence-corrected chi connectivity index (χ1v) is 8.23. The number of benzene rings is 2. The van der Waals surface area contributed by atoms with Gasteiger partial charge < -0.3 is 10.2 Å². The third-order valence-electron chi connectivity index (χ3n) is 3.14. The van der Waals surface area contributed by atoms with Gasteiger partial charge in [0, 0.05) is 15.6 Å². The lowest BCUT2D eigenvalue weighted by Gasteiger charge is -2.05. The number of aryl methyl sites for hydroxylation is 1. The Morgan fingerprint density at radius 1 is 1.14 bits per heavy atom. The third kappa shape index (κ3) is 2.46. The Hall–Kier alpha value is -0.750. The summed E-state index contributed by atoms with van der Waals surface area (Å²) in [6, 6.07) is 5.23. The Labute approximate surface area is 147 Å². The summed E-state index contributed by atoms with van der Waals surface area (Å²) in [5.41, 5.74) is 9.61. The Balaban J connectivity index is 2.28. The number of hydrogen-bond acceptors (Lipinski definition) is 3. The topological polar surface area (TPSA) is 52.0 Å². The molecule has 7 heteroatoms. The van der Waals surface area contributed by atoms with Gasteiger partial charge in [0.1, 0.15) is 5.52 Å². The number of fused-ring (bicyclic) bond motifs is 1. The van der Waals surface area contributed by atoms with Crippen LogP contribution >= 0.6 is 55.1 Å². The van der Waals surface area contributed by atoms with E-state index in [1.54, 1.807) is 18.2 Å². The molecule has 1 heterocycles. The molecule has 0 aliphatic carbocycles. The van der Waals surface area contributed by atoms with Gasteiger partial charge in [0.05, 0.1) is 20.2 Å². The van der Waals surface area contributed by atoms with Crippen molar-refractivity contribution in [2.45, 2.75) is 6.92 Å². The summed E-state index contributed by atoms with van der Waals surface area (Å²) in [6.07, 6.45) is 0. The summed E-state index contributed by atoms with van der Waals surface area (Å²) >= 11 is 18.9. The van der Waals surface area contributed by atoms with Crippen molar-refractivity contribution in [2.75, 3.05) is 5.73 Å². The van der Waals surface area contributed by atoms with E-state index in [0.29, 0.717) is 37.2 Å². The molecule has 21 heavy (non-hydrogen) atoms. The van der Waals surface area contributed by atoms with Gasteiger partial charge >= 0.3 is 0 Å². The normalized spacial score (nSPS) is 11.3. The Morgan fingerprint density at radius 3 is 2.52 bits per heavy atom. The van der Waals surface area contributed by atoms with Crippen LogP contribution in [0.3, 0.4) is 0 Å². The highest BCUT2D eigenvalue weighted by molar-refractivity contribution is 9.11. The lowest BCUT2D eigenvalue weighted by atomic mass is 10.2. The molecule has 2 aromatic carbocycles. The Bertz CT molecular complexity index is 832. The number of aromatic nitrogens is 1. The average Bonchev–Trinajstić information content (AvgIpc) is 2.91. The van der Waals surface area contributed by atoms with Gasteiger partial charge in [-0.15, -0.1) is 0 Å². The first-order chi connectivity index (χ1) is 9.90. The minimum Gasteiger partial charge on any atom is -0.436 e. The van der Waals surface area contributed by atoms with E-state index in [9.17, 15) is 0 Å². The molecule has 0 aliphatic heterocycles. The molecule has 0 saturated heterocycles. The highest BCUT2D eigenvalue weighted by atomic mass is 79.9. The maximum atomic E-state index is 6.04. The highest BCUT2D eigenvalue weighted by Crippen LogP contribution is 2.40. The van der Waals surface area contributed by atoms with Crippen molar-refractivity contribution in [1.29, 1.82) is 0 Å². The standard InChI is InChI=1S/C14H8Br2Cl2N2O/c1-5-9(15)11(19)10(16)12-13(5)21-14(20-12)6-2-3-7(17)8(18)4-6/h2-4H,19H2,1H3. The number of nitrogens with zero attached hydrogens (tertiary/aromatic N) is 1. The fourth-order valence-electron chi connectivity index (χ4n) is 2.00. The van der Waals surface area contributed by atoms with Crippen molar-refractivity contribution in [3.05, 3.63) is 42.8 Å². The van der Waals surface area contributed by atoms with Crippen LogP contribution in [-0.2, 0) is 0 Å². The molecule has 108 valence electrons. The number of nitrogens with two attached hydrogens (primary N) is 1. The quantitative estimate of drug-likeness (QED) is 0.448. The molecule has 0 fully saturated rings. The van der Waals surface area contributed by atoms with E-state index in [2.05, 4.69) is 36.8 Å². The fourth-order valence-corrected chi connectivity index (χ4v) is 3.41. The Morgan fingerprint density at radius 2 is 1.86 bits per heavy atom. The maximum absolute atomic E-state index is 6.04. The fraction of sp³-hybridized carbons (Fsp3) is 0.0714. The molecule has 0 spiro atoms. The van der Waals surface area contributed by atoms with Crippen LogP contribution in [0.4, 0.5) is 5.69 Å². The van der Waals surface area contributed by atoms with Crippen LogP contribution in [0.15, 0.2) is 31.6 Å². The Kier molecular flexibility index (Phi) is 3.94. The molecule has 0 saturated carbocycles. The molecule has 1 aromatic heterocycles. The predicted molar refractivity (Wildman–Crippen MR) is 94.0 cm³/mol. The molecule has 2 N–H and O–H groups in total. The van der Waals surface area contributed by atoms with Crippen LogP contribution in [0.2, 0.25) is 10.0 Å². The van der Waals surface area contributed by atoms with Gasteiger partial charge in [0.2, 0.25) is 5.89 Å². The van der Waals surface area contributed by atoms with E-state index in [1.807, 2.05) is 6.92 Å². The molecule has 0 atom stereocenters. The smallest absolute Gasteiger partial charge is 0.227 e. The number of anilines is 1. The zero-order valence-electron chi connectivity index (χ0n) is 10.7. The van der Waals surface area contributed by atoms with E-state index < -0.39 is 0 Å². The van der Waals surface area contributed by atoms with Crippen molar-refractivity contribution in [3.8, 4) is 11.5 Å². The van der Waals surface area contributed by atoms with Crippen LogP contribution in [0.25, 0.3) is 22.6 Å². The molecular formula is C14H8Br2Cl2N2O. The van der Waals surface area contributed by atoms with Gasteiger partial charge in [-0.2, -0.15) is 0 Å². The number of rotatable bonds is 1. The van der Waals surface area contributed by atoms with Gasteiger partial charge in [-0.05, 0) is 57.0 Å². The SMILES string of the molecule is Cc1c(Br)c(N)c(Br)c2nc(-c3ccc(Cl)c(Cl)c3)oc12. The molecule has 0 amide bonds. The average molecular weight is 451 g/mol. The number of hydrogen-bond donors (Lipinski definition) is 1. The van der Waals surface area contributed by atoms with E-state index in [0.717, 1.165) is 15.6 Å². The number of oxazole rings is 1. The highest BCUT2D eigenvalue weighted by Gasteiger charge is 2.19. The van der Waals surface area contributed by atoms with Crippen molar-refractivity contribution in [1.82, 2.24) is 4.98 Å². The largest absolute Gasteiger partial charge is 0.436 e. The molecule has 0 aliphatic rings. The van der Waals surface area contributed by atoms with Crippen LogP contribution < -0.4 is 5.73 Å². The van der Waals surface area contributed by atoms with Crippen molar-refractivity contribution in [2.24, 2.45) is 0 Å². The zero-order valence-corrected chi connectivity index (χ0v) is 15.4. The summed E-state index contributed by atoms with van der Waals surface area (Å²) in [5.74, 6) is 0.463. The lowest BCUT2D eigenvalue weighted by Crippen LogP contribution is -1.92. The first kappa shape index (κ1) is 15.2. The van der Waals surface area contributed by atoms with Crippen molar-refractivity contribution < 1.29 is 4.42 Å². The van der Waals surface area contributed by atoms with Crippen molar-refractivity contribution >= 4 is 71.8 Å². The molecule has 3 rings (SSSR count). The van der Waals surface area contributed by atoms with Gasteiger partial charge in [-0.3, -0.25) is 0 Å². The summed E-state index contributed by atoms with van der Waals surface area (Å²) < 4.78 is 7.36. The molecule has 0 unspecified atom stereocenters. The molecule has 0 radical (unpaired) electrons. The first-order valence-electron chi connectivity index (χ1n) is 5.89. The second kappa shape index (κ2) is 5.47. The van der Waals surface area contributed by atoms with Crippen LogP contribution in [0, 0.1) is 6.92 Å². The second-order valence-corrected chi connectivity index (χ2v) is 6.89. The summed E-state index contributed by atoms with van der Waals surface area (Å²) in [6.45, 7) is 1.92. The van der Waals surface area contributed by atoms with E-state index in [1.165, 1.54) is 0 Å². The van der Waals surface area contributed by atoms with E-state index in [-0.39, 0.29) is 0 Å². The number of nitrogen functional groups attached to an aromatic ring is 1. The minimum absolute atomic E-state index is 0.452. The van der Waals surface area contributed by atoms with Gasteiger partial charge in [0.15, 0.2) is 5.58 Å². The monoisotopic (exact) mass is 448 g/mol. The van der Waals surface area contributed by atoms with Gasteiger partial charge in [-0.1, -0.05) is 23.2 Å². The van der Waals surface area contributed by atoms with Gasteiger partial charge in [0.25, 0.3) is 0 Å². The minimum atomic E-state index is 0.452. The molecule has 3 nitrogen and oxygen atoms in total. The predicted octanol–water partition coefficient (Wildman–Crippen LogP) is 6.22. The van der Waals surface area contributed by atoms with Gasteiger partial charge in [-0.25, -0.2) is 4.98 Å². The van der Waals surface area contributed by atoms with E-state index in [4.69, 9.17) is 33.4 Å². The molecular weight excluding hydrogens is 443 g/mol. The number of halogens is 4. The van der Waals surface area contributed by atoms with Crippen LogP contribution in [0.5, 0.6) is 0 Å². The van der Waals surface area contributed by atoms with Crippen LogP contribution in [-0.4, -0.2) is 4.98 Å². The summed E-state index contributed by atoms with van der Waals surface area (Å²) in [4.78, 5) is 4.50.